The van der Waals surface area contributed by atoms with Crippen LogP contribution >= 0.6 is 57.7 Å². The van der Waals surface area contributed by atoms with Crippen LogP contribution in [-0.4, -0.2) is 16.8 Å². The van der Waals surface area contributed by atoms with E-state index in [2.05, 4.69) is 15.6 Å². The zero-order valence-electron chi connectivity index (χ0n) is 15.7. The third-order valence-electron chi connectivity index (χ3n) is 4.09. The number of nitrogens with two attached hydrogens (primary N) is 1. The van der Waals surface area contributed by atoms with Gasteiger partial charge in [0.25, 0.3) is 0 Å². The highest BCUT2D eigenvalue weighted by molar-refractivity contribution is 14.1. The van der Waals surface area contributed by atoms with E-state index in [0.717, 1.165) is 15.8 Å². The topological polar surface area (TPSA) is 62.4 Å². The second-order valence-corrected chi connectivity index (χ2v) is 9.61. The summed E-state index contributed by atoms with van der Waals surface area (Å²) >= 11 is 13.7. The third kappa shape index (κ3) is 6.31. The Hall–Kier alpha value is -1.89. The van der Waals surface area contributed by atoms with Crippen molar-refractivity contribution in [3.8, 4) is 0 Å². The summed E-state index contributed by atoms with van der Waals surface area (Å²) in [6, 6.07) is 10.5. The molecule has 3 aromatic rings. The number of thiophene rings is 1. The molecule has 11 heteroatoms. The maximum Gasteiger partial charge on any atom is 0.195 e. The Morgan fingerprint density at radius 3 is 2.55 bits per heavy atom. The number of nitrogens with one attached hydrogen (secondary N) is 2. The lowest BCUT2D eigenvalue weighted by Crippen LogP contribution is -2.12. The van der Waals surface area contributed by atoms with Crippen LogP contribution in [0.1, 0.15) is 9.75 Å². The van der Waals surface area contributed by atoms with E-state index >= 15 is 0 Å². The van der Waals surface area contributed by atoms with E-state index in [1.807, 2.05) is 28.7 Å². The van der Waals surface area contributed by atoms with Crippen molar-refractivity contribution in [1.29, 1.82) is 0 Å². The molecule has 2 aromatic carbocycles. The van der Waals surface area contributed by atoms with Gasteiger partial charge >= 0.3 is 0 Å². The normalized spacial score (nSPS) is 11.5. The molecule has 0 spiro atoms. The fraction of sp³-hybridized carbons (Fsp3) is 0.100. The molecule has 0 saturated heterocycles. The van der Waals surface area contributed by atoms with E-state index in [4.69, 9.17) is 29.6 Å². The molecule has 4 nitrogen and oxygen atoms in total. The van der Waals surface area contributed by atoms with Crippen LogP contribution in [0, 0.1) is 21.0 Å². The van der Waals surface area contributed by atoms with Gasteiger partial charge in [-0.1, -0.05) is 0 Å². The first-order chi connectivity index (χ1) is 14.7. The molecule has 0 saturated carbocycles. The van der Waals surface area contributed by atoms with E-state index < -0.39 is 17.5 Å². The summed E-state index contributed by atoms with van der Waals surface area (Å²) in [5, 5.41) is 5.71. The van der Waals surface area contributed by atoms with Gasteiger partial charge in [0.1, 0.15) is 17.3 Å². The minimum Gasteiger partial charge on any atom is -0.383 e. The number of hydrogen-bond donors (Lipinski definition) is 3. The zero-order valence-corrected chi connectivity index (χ0v) is 20.2. The van der Waals surface area contributed by atoms with E-state index in [1.165, 1.54) is 29.5 Å². The molecule has 1 aromatic heterocycles. The number of hydrogen-bond acceptors (Lipinski definition) is 4. The molecule has 3 rings (SSSR count). The van der Waals surface area contributed by atoms with Crippen molar-refractivity contribution >= 4 is 85.1 Å². The molecule has 0 aliphatic carbocycles. The quantitative estimate of drug-likeness (QED) is 0.0740. The Bertz CT molecular complexity index is 1150. The molecule has 0 unspecified atom stereocenters. The first kappa shape index (κ1) is 23.8. The molecule has 0 amide bonds. The standard InChI is InChI=1S/C20H15ClF3IN4S2/c21-20(30)29-19(26)16-6-2-11(31-16)7-8-27-15-5-3-12(22)17(24)18(15)28-14-4-1-10(25)9-13(14)23/h1-6,9,27-28H,7-8H2,(H2,26,29,30). The average Bonchev–Trinajstić information content (AvgIpc) is 3.17. The lowest BCUT2D eigenvalue weighted by Gasteiger charge is -2.15. The third-order valence-corrected chi connectivity index (χ3v) is 6.11. The molecule has 31 heavy (non-hydrogen) atoms. The monoisotopic (exact) mass is 594 g/mol. The van der Waals surface area contributed by atoms with Crippen LogP contribution < -0.4 is 16.4 Å². The van der Waals surface area contributed by atoms with Gasteiger partial charge in [0.05, 0.1) is 16.3 Å². The number of amidine groups is 1. The Morgan fingerprint density at radius 2 is 1.84 bits per heavy atom. The Labute approximate surface area is 204 Å². The van der Waals surface area contributed by atoms with Crippen LogP contribution in [0.25, 0.3) is 0 Å². The Kier molecular flexibility index (Phi) is 8.14. The molecular weight excluding hydrogens is 580 g/mol. The van der Waals surface area contributed by atoms with E-state index in [-0.39, 0.29) is 21.7 Å². The van der Waals surface area contributed by atoms with Crippen molar-refractivity contribution in [2.75, 3.05) is 17.2 Å². The van der Waals surface area contributed by atoms with Crippen LogP contribution in [-0.2, 0) is 6.42 Å². The van der Waals surface area contributed by atoms with Crippen LogP contribution in [0.2, 0.25) is 0 Å². The predicted octanol–water partition coefficient (Wildman–Crippen LogP) is 6.40. The number of anilines is 3. The lowest BCUT2D eigenvalue weighted by molar-refractivity contribution is 0.512. The zero-order chi connectivity index (χ0) is 22.5. The molecule has 0 fully saturated rings. The van der Waals surface area contributed by atoms with Gasteiger partial charge in [-0.2, -0.15) is 0 Å². The number of rotatable bonds is 7. The molecule has 162 valence electrons. The summed E-state index contributed by atoms with van der Waals surface area (Å²) < 4.78 is 43.1. The van der Waals surface area contributed by atoms with Gasteiger partial charge < -0.3 is 16.4 Å². The average molecular weight is 595 g/mol. The highest BCUT2D eigenvalue weighted by Crippen LogP contribution is 2.32. The lowest BCUT2D eigenvalue weighted by atomic mass is 10.2. The fourth-order valence-corrected chi connectivity index (χ4v) is 4.22. The number of thiocarbonyl (C=S) groups is 1. The van der Waals surface area contributed by atoms with Crippen LogP contribution in [0.15, 0.2) is 47.5 Å². The minimum absolute atomic E-state index is 0.0443. The van der Waals surface area contributed by atoms with Crippen molar-refractivity contribution in [2.45, 2.75) is 6.42 Å². The molecule has 0 aliphatic heterocycles. The summed E-state index contributed by atoms with van der Waals surface area (Å²) in [6.07, 6.45) is 0.583. The van der Waals surface area contributed by atoms with Crippen molar-refractivity contribution in [2.24, 2.45) is 10.7 Å². The molecule has 1 heterocycles. The Morgan fingerprint density at radius 1 is 1.10 bits per heavy atom. The summed E-state index contributed by atoms with van der Waals surface area (Å²) in [5.74, 6) is -2.46. The molecule has 0 aliphatic rings. The minimum atomic E-state index is -1.10. The van der Waals surface area contributed by atoms with Gasteiger partial charge in [0.15, 0.2) is 16.1 Å². The molecular formula is C20H15ClF3IN4S2. The number of nitrogens with zero attached hydrogens (tertiary/aromatic N) is 1. The molecule has 0 radical (unpaired) electrons. The SMILES string of the molecule is N/C(=N\C(=S)Cl)c1ccc(CCNc2ccc(F)c(F)c2Nc2ccc(I)cc2F)s1. The number of benzene rings is 2. The van der Waals surface area contributed by atoms with Crippen molar-refractivity contribution in [1.82, 2.24) is 0 Å². The van der Waals surface area contributed by atoms with Gasteiger partial charge in [-0.25, -0.2) is 18.2 Å². The summed E-state index contributed by atoms with van der Waals surface area (Å²) in [7, 11) is 0. The maximum atomic E-state index is 14.5. The highest BCUT2D eigenvalue weighted by Gasteiger charge is 2.16. The summed E-state index contributed by atoms with van der Waals surface area (Å²) in [4.78, 5) is 5.55. The molecule has 0 bridgehead atoms. The maximum absolute atomic E-state index is 14.5. The number of aliphatic imine (C=N–C) groups is 1. The number of halogens is 5. The van der Waals surface area contributed by atoms with E-state index in [0.29, 0.717) is 22.2 Å². The van der Waals surface area contributed by atoms with Crippen molar-refractivity contribution in [3.05, 3.63) is 73.2 Å². The first-order valence-electron chi connectivity index (χ1n) is 8.81. The van der Waals surface area contributed by atoms with Gasteiger partial charge in [0, 0.05) is 15.0 Å². The highest BCUT2D eigenvalue weighted by atomic mass is 127. The van der Waals surface area contributed by atoms with Crippen molar-refractivity contribution in [3.63, 3.8) is 0 Å². The van der Waals surface area contributed by atoms with Gasteiger partial charge in [-0.05, 0) is 95.3 Å². The van der Waals surface area contributed by atoms with Gasteiger partial charge in [-0.3, -0.25) is 0 Å². The van der Waals surface area contributed by atoms with E-state index in [9.17, 15) is 13.2 Å². The van der Waals surface area contributed by atoms with Gasteiger partial charge in [-0.15, -0.1) is 11.3 Å². The summed E-state index contributed by atoms with van der Waals surface area (Å²) in [6.45, 7) is 0.417. The fourth-order valence-electron chi connectivity index (χ4n) is 2.67. The second kappa shape index (κ2) is 10.6. The van der Waals surface area contributed by atoms with Crippen molar-refractivity contribution < 1.29 is 13.2 Å². The van der Waals surface area contributed by atoms with E-state index in [1.54, 1.807) is 12.1 Å². The van der Waals surface area contributed by atoms with Crippen LogP contribution in [0.3, 0.4) is 0 Å². The first-order valence-corrected chi connectivity index (χ1v) is 11.5. The Balaban J connectivity index is 1.73. The summed E-state index contributed by atoms with van der Waals surface area (Å²) in [5.41, 5.74) is 6.02. The smallest absolute Gasteiger partial charge is 0.195 e. The predicted molar refractivity (Wildman–Crippen MR) is 134 cm³/mol. The van der Waals surface area contributed by atoms with Gasteiger partial charge in [0.2, 0.25) is 0 Å². The second-order valence-electron chi connectivity index (χ2n) is 6.23. The molecule has 4 N–H and O–H groups in total. The van der Waals surface area contributed by atoms with Crippen LogP contribution in [0.5, 0.6) is 0 Å². The largest absolute Gasteiger partial charge is 0.383 e. The molecule has 0 atom stereocenters. The van der Waals surface area contributed by atoms with Crippen LogP contribution in [0.4, 0.5) is 30.2 Å².